The summed E-state index contributed by atoms with van der Waals surface area (Å²) < 4.78 is 0. The van der Waals surface area contributed by atoms with Gasteiger partial charge in [0.15, 0.2) is 0 Å². The van der Waals surface area contributed by atoms with E-state index in [1.165, 1.54) is 4.90 Å². The highest BCUT2D eigenvalue weighted by atomic mass is 32.2. The predicted molar refractivity (Wildman–Crippen MR) is 80.8 cm³/mol. The lowest BCUT2D eigenvalue weighted by atomic mass is 10.0. The minimum Gasteiger partial charge on any atom is -0.481 e. The first-order valence-corrected chi connectivity index (χ1v) is 7.80. The third-order valence-electron chi connectivity index (χ3n) is 3.05. The minimum atomic E-state index is -0.869. The van der Waals surface area contributed by atoms with Crippen molar-refractivity contribution >= 4 is 23.6 Å². The smallest absolute Gasteiger partial charge is 0.303 e. The highest BCUT2D eigenvalue weighted by Crippen LogP contribution is 2.19. The van der Waals surface area contributed by atoms with Gasteiger partial charge in [-0.1, -0.05) is 19.1 Å². The summed E-state index contributed by atoms with van der Waals surface area (Å²) in [6.07, 6.45) is 2.27. The summed E-state index contributed by atoms with van der Waals surface area (Å²) in [7, 11) is 0. The molecule has 0 spiro atoms. The Morgan fingerprint density at radius 3 is 2.30 bits per heavy atom. The number of carboxylic acid groups (broad SMARTS) is 1. The Bertz CT molecular complexity index is 459. The van der Waals surface area contributed by atoms with Crippen LogP contribution in [0.3, 0.4) is 0 Å². The normalized spacial score (nSPS) is 13.6. The quantitative estimate of drug-likeness (QED) is 0.759. The SMILES string of the molecule is CSc1ccc(C(C)NC(=O)CC(C)CC(=O)O)cc1. The summed E-state index contributed by atoms with van der Waals surface area (Å²) in [5.41, 5.74) is 1.04. The van der Waals surface area contributed by atoms with Crippen LogP contribution in [0, 0.1) is 5.92 Å². The maximum Gasteiger partial charge on any atom is 0.303 e. The maximum atomic E-state index is 11.8. The van der Waals surface area contributed by atoms with Crippen molar-refractivity contribution in [2.75, 3.05) is 6.26 Å². The van der Waals surface area contributed by atoms with Gasteiger partial charge in [0.1, 0.15) is 0 Å². The molecule has 1 rings (SSSR count). The molecule has 2 N–H and O–H groups in total. The Balaban J connectivity index is 2.49. The first kappa shape index (κ1) is 16.6. The molecular weight excluding hydrogens is 274 g/mol. The molecule has 1 aromatic rings. The molecule has 0 fully saturated rings. The number of hydrogen-bond acceptors (Lipinski definition) is 3. The summed E-state index contributed by atoms with van der Waals surface area (Å²) in [5, 5.41) is 11.6. The molecule has 0 saturated heterocycles. The van der Waals surface area contributed by atoms with Crippen LogP contribution in [0.4, 0.5) is 0 Å². The van der Waals surface area contributed by atoms with Crippen LogP contribution in [-0.4, -0.2) is 23.2 Å². The van der Waals surface area contributed by atoms with Gasteiger partial charge >= 0.3 is 5.97 Å². The average molecular weight is 295 g/mol. The lowest BCUT2D eigenvalue weighted by molar-refractivity contribution is -0.138. The third kappa shape index (κ3) is 5.65. The van der Waals surface area contributed by atoms with Crippen LogP contribution in [0.1, 0.15) is 38.3 Å². The van der Waals surface area contributed by atoms with Crippen molar-refractivity contribution in [3.8, 4) is 0 Å². The van der Waals surface area contributed by atoms with Crippen molar-refractivity contribution < 1.29 is 14.7 Å². The van der Waals surface area contributed by atoms with Crippen LogP contribution in [-0.2, 0) is 9.59 Å². The Labute approximate surface area is 124 Å². The molecule has 110 valence electrons. The summed E-state index contributed by atoms with van der Waals surface area (Å²) in [6.45, 7) is 3.69. The van der Waals surface area contributed by atoms with Crippen LogP contribution >= 0.6 is 11.8 Å². The summed E-state index contributed by atoms with van der Waals surface area (Å²) in [5.74, 6) is -1.13. The molecule has 1 aromatic carbocycles. The molecule has 0 radical (unpaired) electrons. The number of hydrogen-bond donors (Lipinski definition) is 2. The van der Waals surface area contributed by atoms with Crippen molar-refractivity contribution in [1.29, 1.82) is 0 Å². The molecule has 2 unspecified atom stereocenters. The zero-order chi connectivity index (χ0) is 15.1. The molecule has 0 aliphatic heterocycles. The van der Waals surface area contributed by atoms with E-state index in [4.69, 9.17) is 5.11 Å². The van der Waals surface area contributed by atoms with Crippen molar-refractivity contribution in [3.63, 3.8) is 0 Å². The number of aliphatic carboxylic acids is 1. The summed E-state index contributed by atoms with van der Waals surface area (Å²) in [6, 6.07) is 7.97. The number of carbonyl (C=O) groups excluding carboxylic acids is 1. The van der Waals surface area contributed by atoms with Crippen LogP contribution in [0.2, 0.25) is 0 Å². The molecule has 4 nitrogen and oxygen atoms in total. The fraction of sp³-hybridized carbons (Fsp3) is 0.467. The van der Waals surface area contributed by atoms with E-state index in [1.54, 1.807) is 18.7 Å². The van der Waals surface area contributed by atoms with Gasteiger partial charge in [-0.2, -0.15) is 0 Å². The number of carboxylic acids is 1. The van der Waals surface area contributed by atoms with E-state index in [2.05, 4.69) is 5.32 Å². The van der Waals surface area contributed by atoms with Crippen LogP contribution in [0.15, 0.2) is 29.2 Å². The number of thioether (sulfide) groups is 1. The monoisotopic (exact) mass is 295 g/mol. The third-order valence-corrected chi connectivity index (χ3v) is 3.79. The van der Waals surface area contributed by atoms with Gasteiger partial charge in [-0.25, -0.2) is 0 Å². The van der Waals surface area contributed by atoms with E-state index in [1.807, 2.05) is 37.4 Å². The van der Waals surface area contributed by atoms with E-state index in [9.17, 15) is 9.59 Å². The largest absolute Gasteiger partial charge is 0.481 e. The highest BCUT2D eigenvalue weighted by Gasteiger charge is 2.15. The van der Waals surface area contributed by atoms with Crippen molar-refractivity contribution in [1.82, 2.24) is 5.32 Å². The van der Waals surface area contributed by atoms with E-state index in [0.717, 1.165) is 5.56 Å². The van der Waals surface area contributed by atoms with E-state index >= 15 is 0 Å². The minimum absolute atomic E-state index is 0.0181. The number of carbonyl (C=O) groups is 2. The average Bonchev–Trinajstić information content (AvgIpc) is 2.37. The van der Waals surface area contributed by atoms with Crippen LogP contribution in [0.25, 0.3) is 0 Å². The number of amides is 1. The van der Waals surface area contributed by atoms with Gasteiger partial charge in [0.25, 0.3) is 0 Å². The molecule has 5 heteroatoms. The molecule has 0 heterocycles. The molecule has 0 bridgehead atoms. The molecule has 0 saturated carbocycles. The zero-order valence-corrected chi connectivity index (χ0v) is 12.9. The van der Waals surface area contributed by atoms with Crippen molar-refractivity contribution in [2.24, 2.45) is 5.92 Å². The Morgan fingerprint density at radius 1 is 1.20 bits per heavy atom. The Kier molecular flexibility index (Phi) is 6.58. The predicted octanol–water partition coefficient (Wildman–Crippen LogP) is 3.09. The fourth-order valence-corrected chi connectivity index (χ4v) is 2.37. The molecule has 0 aliphatic carbocycles. The first-order valence-electron chi connectivity index (χ1n) is 6.57. The van der Waals surface area contributed by atoms with E-state index < -0.39 is 5.97 Å². The number of rotatable bonds is 7. The van der Waals surface area contributed by atoms with E-state index in [0.29, 0.717) is 0 Å². The summed E-state index contributed by atoms with van der Waals surface area (Å²) >= 11 is 1.67. The molecule has 20 heavy (non-hydrogen) atoms. The standard InChI is InChI=1S/C15H21NO3S/c1-10(9-15(18)19)8-14(17)16-11(2)12-4-6-13(20-3)7-5-12/h4-7,10-11H,8-9H2,1-3H3,(H,16,17)(H,18,19). The van der Waals surface area contributed by atoms with Crippen LogP contribution < -0.4 is 5.32 Å². The zero-order valence-electron chi connectivity index (χ0n) is 12.1. The number of benzene rings is 1. The van der Waals surface area contributed by atoms with Gasteiger partial charge < -0.3 is 10.4 Å². The molecule has 1 amide bonds. The maximum absolute atomic E-state index is 11.8. The second-order valence-electron chi connectivity index (χ2n) is 4.97. The van der Waals surface area contributed by atoms with Gasteiger partial charge in [-0.15, -0.1) is 11.8 Å². The van der Waals surface area contributed by atoms with Gasteiger partial charge in [0, 0.05) is 17.7 Å². The first-order chi connectivity index (χ1) is 9.42. The van der Waals surface area contributed by atoms with Gasteiger partial charge in [0.2, 0.25) is 5.91 Å². The highest BCUT2D eigenvalue weighted by molar-refractivity contribution is 7.98. The molecule has 0 aliphatic rings. The second-order valence-corrected chi connectivity index (χ2v) is 5.85. The van der Waals surface area contributed by atoms with Crippen molar-refractivity contribution in [3.05, 3.63) is 29.8 Å². The lowest BCUT2D eigenvalue weighted by Gasteiger charge is -2.16. The molecular formula is C15H21NO3S. The van der Waals surface area contributed by atoms with Gasteiger partial charge in [-0.3, -0.25) is 9.59 Å². The van der Waals surface area contributed by atoms with Gasteiger partial charge in [-0.05, 0) is 36.8 Å². The molecule has 0 aromatic heterocycles. The number of nitrogens with one attached hydrogen (secondary N) is 1. The van der Waals surface area contributed by atoms with Crippen LogP contribution in [0.5, 0.6) is 0 Å². The Morgan fingerprint density at radius 2 is 1.80 bits per heavy atom. The van der Waals surface area contributed by atoms with Crippen molar-refractivity contribution in [2.45, 2.75) is 37.6 Å². The molecule has 2 atom stereocenters. The lowest BCUT2D eigenvalue weighted by Crippen LogP contribution is -2.28. The van der Waals surface area contributed by atoms with Gasteiger partial charge in [0.05, 0.1) is 6.04 Å². The Hall–Kier alpha value is -1.49. The van der Waals surface area contributed by atoms with E-state index in [-0.39, 0.29) is 30.7 Å². The second kappa shape index (κ2) is 7.94. The summed E-state index contributed by atoms with van der Waals surface area (Å²) in [4.78, 5) is 23.6. The fourth-order valence-electron chi connectivity index (χ4n) is 1.96. The topological polar surface area (TPSA) is 66.4 Å².